The van der Waals surface area contributed by atoms with Gasteiger partial charge in [0.25, 0.3) is 0 Å². The molecular formula is C15H15BrN2. The molecule has 3 heteroatoms. The molecule has 0 aliphatic heterocycles. The Balaban J connectivity index is 2.29. The van der Waals surface area contributed by atoms with E-state index in [4.69, 9.17) is 0 Å². The molecule has 0 N–H and O–H groups in total. The third-order valence-corrected chi connectivity index (χ3v) is 4.63. The Morgan fingerprint density at radius 1 is 1.33 bits per heavy atom. The summed E-state index contributed by atoms with van der Waals surface area (Å²) in [5.74, 6) is 0. The fourth-order valence-corrected chi connectivity index (χ4v) is 3.53. The highest BCUT2D eigenvalue weighted by atomic mass is 79.9. The molecule has 1 fully saturated rings. The maximum atomic E-state index is 9.64. The number of fused-ring (bicyclic) bond motifs is 1. The maximum absolute atomic E-state index is 9.64. The largest absolute Gasteiger partial charge is 0.350 e. The number of hydrogen-bond acceptors (Lipinski definition) is 1. The lowest BCUT2D eigenvalue weighted by Crippen LogP contribution is -2.18. The number of halogens is 1. The molecule has 2 aromatic rings. The summed E-state index contributed by atoms with van der Waals surface area (Å²) >= 11 is 3.53. The Hall–Kier alpha value is -1.27. The van der Waals surface area contributed by atoms with Crippen LogP contribution in [0.25, 0.3) is 10.9 Å². The van der Waals surface area contributed by atoms with Gasteiger partial charge in [0.15, 0.2) is 0 Å². The molecule has 92 valence electrons. The first-order chi connectivity index (χ1) is 8.66. The molecule has 0 atom stereocenters. The number of nitrogens with zero attached hydrogens (tertiary/aromatic N) is 2. The van der Waals surface area contributed by atoms with Crippen LogP contribution in [0, 0.1) is 11.3 Å². The van der Waals surface area contributed by atoms with Crippen molar-refractivity contribution in [1.82, 2.24) is 4.57 Å². The van der Waals surface area contributed by atoms with Crippen molar-refractivity contribution in [2.24, 2.45) is 7.05 Å². The second kappa shape index (κ2) is 4.13. The minimum absolute atomic E-state index is 0.264. The van der Waals surface area contributed by atoms with Gasteiger partial charge in [-0.15, -0.1) is 0 Å². The number of aromatic nitrogens is 1. The first kappa shape index (κ1) is 11.8. The van der Waals surface area contributed by atoms with Crippen LogP contribution < -0.4 is 0 Å². The number of benzene rings is 1. The monoisotopic (exact) mass is 302 g/mol. The topological polar surface area (TPSA) is 28.7 Å². The lowest BCUT2D eigenvalue weighted by Gasteiger charge is -2.19. The lowest BCUT2D eigenvalue weighted by molar-refractivity contribution is 0.576. The second-order valence-corrected chi connectivity index (χ2v) is 6.13. The summed E-state index contributed by atoms with van der Waals surface area (Å²) in [6, 6.07) is 8.90. The highest BCUT2D eigenvalue weighted by molar-refractivity contribution is 9.10. The Bertz CT molecular complexity index is 642. The standard InChI is InChI=1S/C15H15BrN2/c1-18-9-13(15(10-17)6-2-3-7-15)12-8-11(16)4-5-14(12)18/h4-5,8-9H,2-3,6-7H2,1H3. The van der Waals surface area contributed by atoms with Gasteiger partial charge < -0.3 is 4.57 Å². The van der Waals surface area contributed by atoms with Gasteiger partial charge >= 0.3 is 0 Å². The van der Waals surface area contributed by atoms with Crippen molar-refractivity contribution in [2.75, 3.05) is 0 Å². The molecule has 0 unspecified atom stereocenters. The minimum Gasteiger partial charge on any atom is -0.350 e. The molecule has 2 nitrogen and oxygen atoms in total. The van der Waals surface area contributed by atoms with Crippen molar-refractivity contribution < 1.29 is 0 Å². The van der Waals surface area contributed by atoms with E-state index in [2.05, 4.69) is 58.0 Å². The Morgan fingerprint density at radius 3 is 2.72 bits per heavy atom. The fourth-order valence-electron chi connectivity index (χ4n) is 3.17. The van der Waals surface area contributed by atoms with Gasteiger partial charge in [-0.2, -0.15) is 5.26 Å². The van der Waals surface area contributed by atoms with Gasteiger partial charge in [-0.1, -0.05) is 28.8 Å². The first-order valence-electron chi connectivity index (χ1n) is 6.33. The first-order valence-corrected chi connectivity index (χ1v) is 7.12. The molecule has 0 amide bonds. The highest BCUT2D eigenvalue weighted by Crippen LogP contribution is 2.44. The van der Waals surface area contributed by atoms with Gasteiger partial charge in [-0.25, -0.2) is 0 Å². The molecule has 0 saturated heterocycles. The number of rotatable bonds is 1. The van der Waals surface area contributed by atoms with Crippen LogP contribution in [0.2, 0.25) is 0 Å². The fraction of sp³-hybridized carbons (Fsp3) is 0.400. The Kier molecular flexibility index (Phi) is 2.71. The summed E-state index contributed by atoms with van der Waals surface area (Å²) in [7, 11) is 2.06. The molecule has 1 heterocycles. The van der Waals surface area contributed by atoms with E-state index in [1.807, 2.05) is 0 Å². The van der Waals surface area contributed by atoms with Crippen LogP contribution in [-0.2, 0) is 12.5 Å². The summed E-state index contributed by atoms with van der Waals surface area (Å²) in [5.41, 5.74) is 2.15. The summed E-state index contributed by atoms with van der Waals surface area (Å²) in [6.07, 6.45) is 6.46. The Labute approximate surface area is 115 Å². The molecular weight excluding hydrogens is 288 g/mol. The number of hydrogen-bond donors (Lipinski definition) is 0. The van der Waals surface area contributed by atoms with E-state index in [1.54, 1.807) is 0 Å². The predicted octanol–water partition coefficient (Wildman–Crippen LogP) is 4.28. The second-order valence-electron chi connectivity index (χ2n) is 5.22. The smallest absolute Gasteiger partial charge is 0.0843 e. The van der Waals surface area contributed by atoms with Crippen LogP contribution in [0.1, 0.15) is 31.2 Å². The van der Waals surface area contributed by atoms with Gasteiger partial charge in [-0.3, -0.25) is 0 Å². The highest BCUT2D eigenvalue weighted by Gasteiger charge is 2.38. The summed E-state index contributed by atoms with van der Waals surface area (Å²) in [4.78, 5) is 0. The molecule has 3 rings (SSSR count). The summed E-state index contributed by atoms with van der Waals surface area (Å²) < 4.78 is 3.21. The quantitative estimate of drug-likeness (QED) is 0.773. The van der Waals surface area contributed by atoms with Gasteiger partial charge in [0.05, 0.1) is 11.5 Å². The van der Waals surface area contributed by atoms with E-state index in [0.29, 0.717) is 0 Å². The van der Waals surface area contributed by atoms with Crippen molar-refractivity contribution in [3.05, 3.63) is 34.4 Å². The van der Waals surface area contributed by atoms with E-state index in [-0.39, 0.29) is 5.41 Å². The minimum atomic E-state index is -0.264. The molecule has 1 aliphatic carbocycles. The van der Waals surface area contributed by atoms with E-state index >= 15 is 0 Å². The average Bonchev–Trinajstić information content (AvgIpc) is 2.95. The lowest BCUT2D eigenvalue weighted by atomic mass is 9.80. The zero-order valence-electron chi connectivity index (χ0n) is 10.4. The third-order valence-electron chi connectivity index (χ3n) is 4.14. The molecule has 1 aromatic heterocycles. The molecule has 0 bridgehead atoms. The summed E-state index contributed by atoms with van der Waals surface area (Å²) in [6.45, 7) is 0. The van der Waals surface area contributed by atoms with E-state index in [9.17, 15) is 5.26 Å². The molecule has 18 heavy (non-hydrogen) atoms. The van der Waals surface area contributed by atoms with E-state index in [0.717, 1.165) is 30.2 Å². The third kappa shape index (κ3) is 1.59. The Morgan fingerprint density at radius 2 is 2.06 bits per heavy atom. The normalized spacial score (nSPS) is 18.1. The summed E-state index contributed by atoms with van der Waals surface area (Å²) in [5, 5.41) is 10.9. The van der Waals surface area contributed by atoms with Crippen molar-refractivity contribution in [3.63, 3.8) is 0 Å². The molecule has 1 saturated carbocycles. The van der Waals surface area contributed by atoms with E-state index < -0.39 is 0 Å². The van der Waals surface area contributed by atoms with Gasteiger partial charge in [0.2, 0.25) is 0 Å². The average molecular weight is 303 g/mol. The van der Waals surface area contributed by atoms with Crippen LogP contribution in [0.3, 0.4) is 0 Å². The van der Waals surface area contributed by atoms with Crippen molar-refractivity contribution in [2.45, 2.75) is 31.1 Å². The molecule has 0 radical (unpaired) electrons. The van der Waals surface area contributed by atoms with Crippen molar-refractivity contribution in [3.8, 4) is 6.07 Å². The SMILES string of the molecule is Cn1cc(C2(C#N)CCCC2)c2cc(Br)ccc21. The van der Waals surface area contributed by atoms with Crippen LogP contribution in [0.5, 0.6) is 0 Å². The number of aryl methyl sites for hydroxylation is 1. The van der Waals surface area contributed by atoms with Gasteiger partial charge in [-0.05, 0) is 36.6 Å². The maximum Gasteiger partial charge on any atom is 0.0843 e. The zero-order chi connectivity index (χ0) is 12.8. The van der Waals surface area contributed by atoms with Crippen LogP contribution in [0.4, 0.5) is 0 Å². The van der Waals surface area contributed by atoms with Gasteiger partial charge in [0, 0.05) is 28.6 Å². The van der Waals surface area contributed by atoms with Gasteiger partial charge in [0.1, 0.15) is 0 Å². The predicted molar refractivity (Wildman–Crippen MR) is 76.4 cm³/mol. The molecule has 1 aliphatic rings. The zero-order valence-corrected chi connectivity index (χ0v) is 12.0. The molecule has 0 spiro atoms. The van der Waals surface area contributed by atoms with Crippen molar-refractivity contribution >= 4 is 26.8 Å². The molecule has 1 aromatic carbocycles. The van der Waals surface area contributed by atoms with Crippen molar-refractivity contribution in [1.29, 1.82) is 5.26 Å². The van der Waals surface area contributed by atoms with Crippen LogP contribution in [0.15, 0.2) is 28.9 Å². The van der Waals surface area contributed by atoms with E-state index in [1.165, 1.54) is 16.5 Å². The van der Waals surface area contributed by atoms with Crippen LogP contribution in [-0.4, -0.2) is 4.57 Å². The van der Waals surface area contributed by atoms with Crippen LogP contribution >= 0.6 is 15.9 Å². The number of nitriles is 1.